The molecule has 1 N–H and O–H groups in total. The minimum atomic E-state index is -3.07. The molecule has 1 saturated heterocycles. The van der Waals surface area contributed by atoms with Gasteiger partial charge in [0.05, 0.1) is 17.8 Å². The molecule has 45 heavy (non-hydrogen) atoms. The lowest BCUT2D eigenvalue weighted by Gasteiger charge is -2.53. The highest BCUT2D eigenvalue weighted by Crippen LogP contribution is 2.46. The van der Waals surface area contributed by atoms with Gasteiger partial charge in [0.1, 0.15) is 28.8 Å². The number of aryl methyl sites for hydroxylation is 1. The zero-order chi connectivity index (χ0) is 31.3. The number of nitrogens with zero attached hydrogens (tertiary/aromatic N) is 5. The number of likely N-dealkylation sites (tertiary alicyclic amines) is 1. The van der Waals surface area contributed by atoms with E-state index < -0.39 is 30.0 Å². The lowest BCUT2D eigenvalue weighted by atomic mass is 9.65. The molecule has 6 nitrogen and oxygen atoms in total. The van der Waals surface area contributed by atoms with Crippen LogP contribution in [0.15, 0.2) is 55.4 Å². The maximum absolute atomic E-state index is 15.3. The first-order chi connectivity index (χ1) is 21.7. The average molecular weight is 619 g/mol. The molecule has 0 unspecified atom stereocenters. The van der Waals surface area contributed by atoms with Crippen LogP contribution in [-0.2, 0) is 12.8 Å². The fraction of sp³-hybridized carbons (Fsp3) is 0.457. The van der Waals surface area contributed by atoms with Crippen molar-refractivity contribution < 1.29 is 17.6 Å². The third-order valence-corrected chi connectivity index (χ3v) is 10.2. The highest BCUT2D eigenvalue weighted by atomic mass is 19.3. The Bertz CT molecular complexity index is 1720. The molecule has 2 aliphatic heterocycles. The van der Waals surface area contributed by atoms with Gasteiger partial charge in [-0.2, -0.15) is 0 Å². The number of hydrogen-bond acceptors (Lipinski definition) is 5. The number of allylic oxidation sites excluding steroid dienone is 1. The zero-order valence-corrected chi connectivity index (χ0v) is 25.5. The summed E-state index contributed by atoms with van der Waals surface area (Å²) < 4.78 is 61.7. The molecular weight excluding hydrogens is 580 g/mol. The molecule has 10 heteroatoms. The Morgan fingerprint density at radius 3 is 2.51 bits per heavy atom. The molecule has 2 fully saturated rings. The first kappa shape index (κ1) is 29.9. The smallest absolute Gasteiger partial charge is 0.271 e. The number of fused-ring (bicyclic) bond motifs is 3. The van der Waals surface area contributed by atoms with Crippen LogP contribution in [0.5, 0.6) is 0 Å². The molecule has 7 rings (SSSR count). The summed E-state index contributed by atoms with van der Waals surface area (Å²) in [7, 11) is 0. The monoisotopic (exact) mass is 618 g/mol. The minimum absolute atomic E-state index is 0.00358. The van der Waals surface area contributed by atoms with Gasteiger partial charge in [-0.1, -0.05) is 19.1 Å². The predicted octanol–water partition coefficient (Wildman–Crippen LogP) is 8.27. The first-order valence-electron chi connectivity index (χ1n) is 16.0. The summed E-state index contributed by atoms with van der Waals surface area (Å²) in [4.78, 5) is 15.6. The van der Waals surface area contributed by atoms with Crippen LogP contribution in [-0.4, -0.2) is 50.0 Å². The molecule has 5 heterocycles. The van der Waals surface area contributed by atoms with E-state index in [2.05, 4.69) is 44.7 Å². The van der Waals surface area contributed by atoms with Gasteiger partial charge in [-0.25, -0.2) is 32.5 Å². The Balaban J connectivity index is 1.07. The van der Waals surface area contributed by atoms with Crippen LogP contribution in [0.3, 0.4) is 0 Å². The van der Waals surface area contributed by atoms with Crippen LogP contribution >= 0.6 is 0 Å². The van der Waals surface area contributed by atoms with E-state index in [1.165, 1.54) is 73.2 Å². The van der Waals surface area contributed by atoms with Gasteiger partial charge in [-0.3, -0.25) is 0 Å². The Kier molecular flexibility index (Phi) is 7.66. The van der Waals surface area contributed by atoms with Gasteiger partial charge in [-0.05, 0) is 91.8 Å². The van der Waals surface area contributed by atoms with Crippen LogP contribution in [0, 0.1) is 23.0 Å². The van der Waals surface area contributed by atoms with Gasteiger partial charge in [0.15, 0.2) is 5.82 Å². The van der Waals surface area contributed by atoms with Gasteiger partial charge < -0.3 is 14.8 Å². The number of nitrogens with one attached hydrogen (secondary N) is 1. The summed E-state index contributed by atoms with van der Waals surface area (Å²) in [5.41, 5.74) is 2.27. The van der Waals surface area contributed by atoms with Gasteiger partial charge in [0.25, 0.3) is 5.92 Å². The summed E-state index contributed by atoms with van der Waals surface area (Å²) in [6.07, 6.45) is 10.3. The van der Waals surface area contributed by atoms with Crippen molar-refractivity contribution >= 4 is 22.7 Å². The summed E-state index contributed by atoms with van der Waals surface area (Å²) in [5.74, 6) is -2.45. The summed E-state index contributed by atoms with van der Waals surface area (Å²) in [5, 5.41) is 3.12. The Hall–Kier alpha value is -3.79. The molecule has 3 aromatic heterocycles. The Morgan fingerprint density at radius 1 is 1.02 bits per heavy atom. The number of halogens is 4. The average Bonchev–Trinajstić information content (AvgIpc) is 3.59. The van der Waals surface area contributed by atoms with E-state index in [0.29, 0.717) is 35.2 Å². The normalized spacial score (nSPS) is 20.0. The van der Waals surface area contributed by atoms with Crippen LogP contribution in [0.25, 0.3) is 22.2 Å². The van der Waals surface area contributed by atoms with E-state index in [1.807, 2.05) is 12.3 Å². The molecule has 1 aliphatic carbocycles. The number of pyridine rings is 2. The second-order valence-corrected chi connectivity index (χ2v) is 13.2. The second kappa shape index (κ2) is 11.5. The second-order valence-electron chi connectivity index (χ2n) is 13.2. The highest BCUT2D eigenvalue weighted by Gasteiger charge is 2.45. The largest absolute Gasteiger partial charge is 0.325 e. The molecule has 4 aromatic rings. The summed E-state index contributed by atoms with van der Waals surface area (Å²) in [6.45, 7) is 9.34. The van der Waals surface area contributed by atoms with Crippen molar-refractivity contribution in [1.29, 1.82) is 0 Å². The van der Waals surface area contributed by atoms with Crippen molar-refractivity contribution in [2.24, 2.45) is 11.3 Å². The molecular formula is C35H38F4N6. The van der Waals surface area contributed by atoms with E-state index in [1.54, 1.807) is 0 Å². The summed E-state index contributed by atoms with van der Waals surface area (Å²) >= 11 is 0. The predicted molar refractivity (Wildman–Crippen MR) is 168 cm³/mol. The van der Waals surface area contributed by atoms with E-state index in [9.17, 15) is 8.78 Å². The quantitative estimate of drug-likeness (QED) is 0.151. The Morgan fingerprint density at radius 2 is 1.80 bits per heavy atom. The van der Waals surface area contributed by atoms with Crippen molar-refractivity contribution in [2.75, 3.05) is 25.0 Å². The number of hydrogen-bond donors (Lipinski definition) is 1. The van der Waals surface area contributed by atoms with Crippen LogP contribution in [0.4, 0.5) is 29.2 Å². The molecule has 1 atom stereocenters. The van der Waals surface area contributed by atoms with Crippen molar-refractivity contribution in [3.05, 3.63) is 78.4 Å². The van der Waals surface area contributed by atoms with Crippen LogP contribution < -0.4 is 5.32 Å². The molecule has 1 aromatic carbocycles. The summed E-state index contributed by atoms with van der Waals surface area (Å²) in [6, 6.07) is 6.98. The number of aromatic nitrogens is 4. The molecule has 0 bridgehead atoms. The third-order valence-electron chi connectivity index (χ3n) is 10.2. The van der Waals surface area contributed by atoms with Gasteiger partial charge in [-0.15, -0.1) is 6.58 Å². The fourth-order valence-corrected chi connectivity index (χ4v) is 7.75. The van der Waals surface area contributed by atoms with Gasteiger partial charge >= 0.3 is 0 Å². The third kappa shape index (κ3) is 5.62. The van der Waals surface area contributed by atoms with Crippen molar-refractivity contribution in [2.45, 2.75) is 70.3 Å². The molecule has 3 aliphatic rings. The first-order valence-corrected chi connectivity index (χ1v) is 16.0. The van der Waals surface area contributed by atoms with Crippen molar-refractivity contribution in [3.8, 4) is 11.1 Å². The van der Waals surface area contributed by atoms with Crippen molar-refractivity contribution in [1.82, 2.24) is 24.4 Å². The van der Waals surface area contributed by atoms with E-state index >= 15 is 8.78 Å². The number of rotatable bonds is 9. The Labute approximate surface area is 260 Å². The minimum Gasteiger partial charge on any atom is -0.325 e. The number of benzene rings is 1. The lowest BCUT2D eigenvalue weighted by Crippen LogP contribution is -2.57. The number of alkyl halides is 2. The molecule has 0 amide bonds. The molecule has 236 valence electrons. The molecule has 1 saturated carbocycles. The maximum atomic E-state index is 15.3. The van der Waals surface area contributed by atoms with Crippen molar-refractivity contribution in [3.63, 3.8) is 0 Å². The standard InChI is InChI=1S/C35H38F4N6/c1-3-11-35(38,39)29-6-8-32-43-33-26(36)15-24(16-28(33)45(29)32)25-17-31(41-19-27(25)37)42-30-7-5-23(18-40-30)14-22-9-12-34(13-10-22)20-44(4-2)21-34/h3,5,7,15-19,22,29H,1,4,6,8-14,20-21H2,2H3,(H,40,41,42)/t29-/m0/s1. The SMILES string of the molecule is C=CCC(F)(F)[C@@H]1CCc2nc3c(F)cc(-c4cc(Nc5ccc(CC6CCC7(CC6)CN(CC)C7)cn5)ncc4F)cc3n21. The van der Waals surface area contributed by atoms with Crippen LogP contribution in [0.1, 0.15) is 62.9 Å². The lowest BCUT2D eigenvalue weighted by molar-refractivity contribution is -0.0443. The maximum Gasteiger partial charge on any atom is 0.271 e. The number of imidazole rings is 1. The fourth-order valence-electron chi connectivity index (χ4n) is 7.75. The van der Waals surface area contributed by atoms with E-state index in [4.69, 9.17) is 0 Å². The molecule has 0 radical (unpaired) electrons. The zero-order valence-electron chi connectivity index (χ0n) is 25.5. The van der Waals surface area contributed by atoms with Gasteiger partial charge in [0, 0.05) is 37.7 Å². The van der Waals surface area contributed by atoms with Gasteiger partial charge in [0.2, 0.25) is 0 Å². The number of anilines is 2. The topological polar surface area (TPSA) is 58.9 Å². The molecule has 1 spiro atoms. The van der Waals surface area contributed by atoms with E-state index in [0.717, 1.165) is 19.2 Å². The van der Waals surface area contributed by atoms with E-state index in [-0.39, 0.29) is 28.6 Å². The highest BCUT2D eigenvalue weighted by molar-refractivity contribution is 5.84. The van der Waals surface area contributed by atoms with Crippen LogP contribution in [0.2, 0.25) is 0 Å².